The third kappa shape index (κ3) is 2.23. The second-order valence-electron chi connectivity index (χ2n) is 4.48. The van der Waals surface area contributed by atoms with E-state index >= 15 is 0 Å². The summed E-state index contributed by atoms with van der Waals surface area (Å²) < 4.78 is 0. The second-order valence-corrected chi connectivity index (χ2v) is 4.48. The lowest BCUT2D eigenvalue weighted by atomic mass is 9.84. The third-order valence-electron chi connectivity index (χ3n) is 2.48. The van der Waals surface area contributed by atoms with Crippen molar-refractivity contribution in [3.8, 4) is 0 Å². The van der Waals surface area contributed by atoms with E-state index in [2.05, 4.69) is 20.8 Å². The van der Waals surface area contributed by atoms with Gasteiger partial charge in [-0.2, -0.15) is 0 Å². The van der Waals surface area contributed by atoms with Crippen LogP contribution in [0.15, 0.2) is 0 Å². The van der Waals surface area contributed by atoms with Gasteiger partial charge in [-0.1, -0.05) is 20.8 Å². The van der Waals surface area contributed by atoms with Crippen LogP contribution in [0.5, 0.6) is 0 Å². The third-order valence-corrected chi connectivity index (χ3v) is 2.48. The van der Waals surface area contributed by atoms with Gasteiger partial charge >= 0.3 is 0 Å². The zero-order valence-corrected chi connectivity index (χ0v) is 8.39. The molecule has 1 heterocycles. The number of piperidine rings is 1. The summed E-state index contributed by atoms with van der Waals surface area (Å²) in [7, 11) is 0. The molecule has 0 radical (unpaired) electrons. The van der Waals surface area contributed by atoms with E-state index in [0.29, 0.717) is 11.3 Å². The van der Waals surface area contributed by atoms with Crippen LogP contribution in [-0.2, 0) is 4.79 Å². The Kier molecular flexibility index (Phi) is 2.76. The van der Waals surface area contributed by atoms with Crippen LogP contribution in [-0.4, -0.2) is 23.9 Å². The molecule has 0 atom stereocenters. The maximum atomic E-state index is 11.4. The van der Waals surface area contributed by atoms with Gasteiger partial charge in [-0.3, -0.25) is 4.79 Å². The quantitative estimate of drug-likeness (QED) is 0.619. The van der Waals surface area contributed by atoms with Crippen LogP contribution in [0, 0.1) is 5.41 Å². The van der Waals surface area contributed by atoms with Crippen LogP contribution in [0.2, 0.25) is 0 Å². The molecule has 1 aliphatic heterocycles. The minimum absolute atomic E-state index is 0.336. The molecule has 70 valence electrons. The van der Waals surface area contributed by atoms with Gasteiger partial charge < -0.3 is 4.90 Å². The Morgan fingerprint density at radius 2 is 2.17 bits per heavy atom. The molecule has 0 N–H and O–H groups in total. The van der Waals surface area contributed by atoms with Crippen molar-refractivity contribution in [3.63, 3.8) is 0 Å². The van der Waals surface area contributed by atoms with E-state index in [0.717, 1.165) is 32.4 Å². The minimum Gasteiger partial charge on any atom is -0.342 e. The number of hydrogen-bond acceptors (Lipinski definition) is 1. The lowest BCUT2D eigenvalue weighted by molar-refractivity contribution is -0.136. The van der Waals surface area contributed by atoms with Crippen molar-refractivity contribution in [3.05, 3.63) is 0 Å². The topological polar surface area (TPSA) is 20.3 Å². The predicted octanol–water partition coefficient (Wildman–Crippen LogP) is 2.04. The molecule has 0 aliphatic carbocycles. The zero-order valence-electron chi connectivity index (χ0n) is 8.39. The van der Waals surface area contributed by atoms with Crippen LogP contribution in [0.3, 0.4) is 0 Å². The van der Waals surface area contributed by atoms with Gasteiger partial charge in [0.1, 0.15) is 0 Å². The molecule has 0 unspecified atom stereocenters. The molecule has 2 nitrogen and oxygen atoms in total. The van der Waals surface area contributed by atoms with Crippen molar-refractivity contribution in [2.45, 2.75) is 40.0 Å². The highest BCUT2D eigenvalue weighted by Gasteiger charge is 2.30. The molecule has 0 aromatic carbocycles. The number of amides is 1. The number of rotatable bonds is 2. The zero-order chi connectivity index (χ0) is 9.19. The first-order valence-corrected chi connectivity index (χ1v) is 4.83. The molecule has 1 fully saturated rings. The molecule has 1 rings (SSSR count). The standard InChI is InChI=1S/C10H19NO/c1-4-7-11-8-10(2,3)6-5-9(11)12/h4-8H2,1-3H3. The first-order valence-electron chi connectivity index (χ1n) is 4.83. The normalized spacial score (nSPS) is 22.9. The summed E-state index contributed by atoms with van der Waals surface area (Å²) in [5, 5.41) is 0. The molecule has 2 heteroatoms. The van der Waals surface area contributed by atoms with Gasteiger partial charge in [0.15, 0.2) is 0 Å². The fourth-order valence-corrected chi connectivity index (χ4v) is 1.76. The Morgan fingerprint density at radius 1 is 1.50 bits per heavy atom. The Hall–Kier alpha value is -0.530. The van der Waals surface area contributed by atoms with E-state index in [1.807, 2.05) is 4.90 Å². The Morgan fingerprint density at radius 3 is 2.75 bits per heavy atom. The molecular weight excluding hydrogens is 150 g/mol. The summed E-state index contributed by atoms with van der Waals surface area (Å²) in [5.74, 6) is 0.344. The predicted molar refractivity (Wildman–Crippen MR) is 49.9 cm³/mol. The summed E-state index contributed by atoms with van der Waals surface area (Å²) in [6.07, 6.45) is 2.86. The van der Waals surface area contributed by atoms with Crippen molar-refractivity contribution in [1.29, 1.82) is 0 Å². The molecule has 12 heavy (non-hydrogen) atoms. The van der Waals surface area contributed by atoms with Crippen LogP contribution in [0.4, 0.5) is 0 Å². The highest BCUT2D eigenvalue weighted by atomic mass is 16.2. The molecule has 0 saturated carbocycles. The number of carbonyl (C=O) groups excluding carboxylic acids is 1. The maximum absolute atomic E-state index is 11.4. The fourth-order valence-electron chi connectivity index (χ4n) is 1.76. The van der Waals surface area contributed by atoms with Crippen LogP contribution in [0.25, 0.3) is 0 Å². The van der Waals surface area contributed by atoms with Crippen LogP contribution < -0.4 is 0 Å². The Balaban J connectivity index is 2.53. The highest BCUT2D eigenvalue weighted by molar-refractivity contribution is 5.77. The monoisotopic (exact) mass is 169 g/mol. The van der Waals surface area contributed by atoms with Crippen molar-refractivity contribution in [2.75, 3.05) is 13.1 Å². The Bertz CT molecular complexity index is 175. The van der Waals surface area contributed by atoms with E-state index in [4.69, 9.17) is 0 Å². The van der Waals surface area contributed by atoms with E-state index in [9.17, 15) is 4.79 Å². The maximum Gasteiger partial charge on any atom is 0.222 e. The number of carbonyl (C=O) groups is 1. The van der Waals surface area contributed by atoms with Gasteiger partial charge in [-0.15, -0.1) is 0 Å². The SMILES string of the molecule is CCCN1CC(C)(C)CCC1=O. The van der Waals surface area contributed by atoms with Crippen LogP contribution in [0.1, 0.15) is 40.0 Å². The second kappa shape index (κ2) is 3.46. The fraction of sp³-hybridized carbons (Fsp3) is 0.900. The minimum atomic E-state index is 0.336. The summed E-state index contributed by atoms with van der Waals surface area (Å²) in [4.78, 5) is 13.4. The molecule has 0 aromatic rings. The van der Waals surface area contributed by atoms with E-state index in [-0.39, 0.29) is 0 Å². The Labute approximate surface area is 74.9 Å². The van der Waals surface area contributed by atoms with Gasteiger partial charge in [0.25, 0.3) is 0 Å². The van der Waals surface area contributed by atoms with E-state index < -0.39 is 0 Å². The average molecular weight is 169 g/mol. The molecule has 0 bridgehead atoms. The van der Waals surface area contributed by atoms with Crippen molar-refractivity contribution >= 4 is 5.91 Å². The van der Waals surface area contributed by atoms with Gasteiger partial charge in [-0.05, 0) is 18.3 Å². The van der Waals surface area contributed by atoms with E-state index in [1.54, 1.807) is 0 Å². The van der Waals surface area contributed by atoms with Gasteiger partial charge in [0.05, 0.1) is 0 Å². The average Bonchev–Trinajstić information content (AvgIpc) is 1.97. The molecule has 1 aliphatic rings. The lowest BCUT2D eigenvalue weighted by Crippen LogP contribution is -2.44. The summed E-state index contributed by atoms with van der Waals surface area (Å²) in [6, 6.07) is 0. The van der Waals surface area contributed by atoms with Crippen LogP contribution >= 0.6 is 0 Å². The highest BCUT2D eigenvalue weighted by Crippen LogP contribution is 2.28. The largest absolute Gasteiger partial charge is 0.342 e. The number of hydrogen-bond donors (Lipinski definition) is 0. The lowest BCUT2D eigenvalue weighted by Gasteiger charge is -2.37. The molecular formula is C10H19NO. The molecule has 1 saturated heterocycles. The molecule has 0 spiro atoms. The first kappa shape index (κ1) is 9.56. The van der Waals surface area contributed by atoms with Crippen molar-refractivity contribution < 1.29 is 4.79 Å². The van der Waals surface area contributed by atoms with Gasteiger partial charge in [0.2, 0.25) is 5.91 Å². The molecule has 0 aromatic heterocycles. The smallest absolute Gasteiger partial charge is 0.222 e. The molecule has 1 amide bonds. The summed E-state index contributed by atoms with van der Waals surface area (Å²) in [6.45, 7) is 8.47. The number of likely N-dealkylation sites (tertiary alicyclic amines) is 1. The number of nitrogens with zero attached hydrogens (tertiary/aromatic N) is 1. The van der Waals surface area contributed by atoms with E-state index in [1.165, 1.54) is 0 Å². The first-order chi connectivity index (χ1) is 5.55. The summed E-state index contributed by atoms with van der Waals surface area (Å²) >= 11 is 0. The van der Waals surface area contributed by atoms with Crippen molar-refractivity contribution in [2.24, 2.45) is 5.41 Å². The van der Waals surface area contributed by atoms with Gasteiger partial charge in [0, 0.05) is 19.5 Å². The van der Waals surface area contributed by atoms with Gasteiger partial charge in [-0.25, -0.2) is 0 Å². The van der Waals surface area contributed by atoms with Crippen molar-refractivity contribution in [1.82, 2.24) is 4.90 Å². The summed E-state index contributed by atoms with van der Waals surface area (Å²) in [5.41, 5.74) is 0.336.